The molecule has 0 bridgehead atoms. The number of nitrogens with zero attached hydrogens (tertiary/aromatic N) is 3. The summed E-state index contributed by atoms with van der Waals surface area (Å²) in [4.78, 5) is 12.0. The van der Waals surface area contributed by atoms with Gasteiger partial charge in [0.1, 0.15) is 5.75 Å². The Morgan fingerprint density at radius 2 is 2.00 bits per heavy atom. The zero-order valence-electron chi connectivity index (χ0n) is 14.9. The topological polar surface area (TPSA) is 101 Å². The summed E-state index contributed by atoms with van der Waals surface area (Å²) in [6, 6.07) is 4.75. The van der Waals surface area contributed by atoms with E-state index in [0.29, 0.717) is 31.6 Å². The lowest BCUT2D eigenvalue weighted by molar-refractivity contribution is -0.137. The molecule has 28 heavy (non-hydrogen) atoms. The quantitative estimate of drug-likeness (QED) is 0.853. The number of rotatable bonds is 4. The molecular weight excluding hydrogens is 377 g/mol. The largest absolute Gasteiger partial charge is 0.490 e. The summed E-state index contributed by atoms with van der Waals surface area (Å²) < 4.78 is 49.9. The predicted octanol–water partition coefficient (Wildman–Crippen LogP) is 3.39. The minimum absolute atomic E-state index is 0.0696. The molecule has 1 aromatic carbocycles. The second-order valence-electron chi connectivity index (χ2n) is 6.51. The fourth-order valence-electron chi connectivity index (χ4n) is 3.08. The summed E-state index contributed by atoms with van der Waals surface area (Å²) in [6.45, 7) is 1.58. The Labute approximate surface area is 158 Å². The summed E-state index contributed by atoms with van der Waals surface area (Å²) in [6.07, 6.45) is -2.56. The van der Waals surface area contributed by atoms with Gasteiger partial charge in [-0.25, -0.2) is 0 Å². The molecule has 10 heteroatoms. The van der Waals surface area contributed by atoms with Crippen molar-refractivity contribution in [2.24, 2.45) is 0 Å². The summed E-state index contributed by atoms with van der Waals surface area (Å²) in [7, 11) is 0. The Bertz CT molecular complexity index is 896. The van der Waals surface area contributed by atoms with E-state index in [1.165, 1.54) is 12.1 Å². The number of aromatic nitrogens is 2. The minimum atomic E-state index is -4.63. The lowest BCUT2D eigenvalue weighted by Gasteiger charge is -2.29. The summed E-state index contributed by atoms with van der Waals surface area (Å²) in [5.41, 5.74) is -1.45. The Morgan fingerprint density at radius 3 is 2.57 bits per heavy atom. The van der Waals surface area contributed by atoms with Gasteiger partial charge in [-0.2, -0.15) is 18.4 Å². The van der Waals surface area contributed by atoms with E-state index < -0.39 is 23.2 Å². The maximum atomic E-state index is 13.0. The maximum Gasteiger partial charge on any atom is 0.417 e. The monoisotopic (exact) mass is 394 g/mol. The van der Waals surface area contributed by atoms with E-state index in [4.69, 9.17) is 14.4 Å². The van der Waals surface area contributed by atoms with E-state index in [0.717, 1.165) is 12.1 Å². The van der Waals surface area contributed by atoms with Gasteiger partial charge in [0.25, 0.3) is 0 Å². The predicted molar refractivity (Wildman–Crippen MR) is 89.3 cm³/mol. The molecule has 3 rings (SSSR count). The van der Waals surface area contributed by atoms with Crippen LogP contribution in [-0.4, -0.2) is 28.3 Å². The molecule has 0 atom stereocenters. The zero-order valence-corrected chi connectivity index (χ0v) is 14.9. The smallest absolute Gasteiger partial charge is 0.417 e. The molecular formula is C18H17F3N4O3. The molecule has 0 unspecified atom stereocenters. The molecule has 148 valence electrons. The number of hydrogen-bond acceptors (Lipinski definition) is 6. The van der Waals surface area contributed by atoms with E-state index in [-0.39, 0.29) is 23.8 Å². The van der Waals surface area contributed by atoms with Crippen LogP contribution in [0.3, 0.4) is 0 Å². The van der Waals surface area contributed by atoms with Crippen LogP contribution in [0, 0.1) is 18.3 Å². The third kappa shape index (κ3) is 4.60. The number of aryl methyl sites for hydroxylation is 1. The summed E-state index contributed by atoms with van der Waals surface area (Å²) in [5.74, 6) is -0.192. The van der Waals surface area contributed by atoms with Crippen LogP contribution in [0.2, 0.25) is 0 Å². The number of alkyl halides is 3. The molecule has 1 N–H and O–H groups in total. The SMILES string of the molecule is Cc1nnc(C(=O)NC2CCC(Oc3ccc(C#N)c(C(F)(F)F)c3)CC2)o1. The van der Waals surface area contributed by atoms with Crippen LogP contribution in [0.15, 0.2) is 22.6 Å². The fourth-order valence-corrected chi connectivity index (χ4v) is 3.08. The van der Waals surface area contributed by atoms with Crippen LogP contribution >= 0.6 is 0 Å². The highest BCUT2D eigenvalue weighted by atomic mass is 19.4. The zero-order chi connectivity index (χ0) is 20.3. The standard InChI is InChI=1S/C18H17F3N4O3/c1-10-24-25-17(27-10)16(26)23-12-3-6-13(7-4-12)28-14-5-2-11(9-22)15(8-14)18(19,20)21/h2,5,8,12-13H,3-4,6-7H2,1H3,(H,23,26). The van der Waals surface area contributed by atoms with E-state index in [2.05, 4.69) is 15.5 Å². The van der Waals surface area contributed by atoms with Gasteiger partial charge in [0.05, 0.1) is 23.3 Å². The molecule has 0 saturated heterocycles. The van der Waals surface area contributed by atoms with Crippen molar-refractivity contribution >= 4 is 5.91 Å². The molecule has 1 aliphatic rings. The van der Waals surface area contributed by atoms with Gasteiger partial charge in [-0.1, -0.05) is 0 Å². The molecule has 1 aromatic heterocycles. The summed E-state index contributed by atoms with van der Waals surface area (Å²) in [5, 5.41) is 18.9. The van der Waals surface area contributed by atoms with E-state index in [1.807, 2.05) is 0 Å². The van der Waals surface area contributed by atoms with Gasteiger partial charge >= 0.3 is 18.0 Å². The first kappa shape index (κ1) is 19.7. The van der Waals surface area contributed by atoms with E-state index in [9.17, 15) is 18.0 Å². The van der Waals surface area contributed by atoms with Crippen molar-refractivity contribution in [3.63, 3.8) is 0 Å². The number of halogens is 3. The first-order valence-electron chi connectivity index (χ1n) is 8.65. The molecule has 0 spiro atoms. The Hall–Kier alpha value is -3.09. The van der Waals surface area contributed by atoms with Crippen molar-refractivity contribution in [2.75, 3.05) is 0 Å². The number of carbonyl (C=O) groups is 1. The number of benzene rings is 1. The maximum absolute atomic E-state index is 13.0. The van der Waals surface area contributed by atoms with Crippen molar-refractivity contribution in [3.05, 3.63) is 41.1 Å². The second-order valence-corrected chi connectivity index (χ2v) is 6.51. The van der Waals surface area contributed by atoms with Gasteiger partial charge in [0.2, 0.25) is 5.89 Å². The molecule has 1 saturated carbocycles. The number of amides is 1. The molecule has 7 nitrogen and oxygen atoms in total. The van der Waals surface area contributed by atoms with Gasteiger partial charge in [0.15, 0.2) is 0 Å². The lowest BCUT2D eigenvalue weighted by atomic mass is 9.93. The van der Waals surface area contributed by atoms with Crippen molar-refractivity contribution in [3.8, 4) is 11.8 Å². The average Bonchev–Trinajstić information content (AvgIpc) is 3.09. The molecule has 1 heterocycles. The normalized spacial score (nSPS) is 19.7. The number of nitrogens with one attached hydrogen (secondary N) is 1. The van der Waals surface area contributed by atoms with Crippen LogP contribution < -0.4 is 10.1 Å². The minimum Gasteiger partial charge on any atom is -0.490 e. The van der Waals surface area contributed by atoms with Crippen molar-refractivity contribution in [1.82, 2.24) is 15.5 Å². The molecule has 0 aliphatic heterocycles. The third-order valence-electron chi connectivity index (χ3n) is 4.45. The van der Waals surface area contributed by atoms with Crippen LogP contribution in [0.1, 0.15) is 53.4 Å². The van der Waals surface area contributed by atoms with Crippen molar-refractivity contribution < 1.29 is 27.1 Å². The molecule has 1 amide bonds. The van der Waals surface area contributed by atoms with E-state index in [1.54, 1.807) is 6.92 Å². The average molecular weight is 394 g/mol. The van der Waals surface area contributed by atoms with Crippen molar-refractivity contribution in [1.29, 1.82) is 5.26 Å². The Morgan fingerprint density at radius 1 is 1.29 bits per heavy atom. The number of hydrogen-bond donors (Lipinski definition) is 1. The van der Waals surface area contributed by atoms with Gasteiger partial charge in [-0.05, 0) is 43.9 Å². The third-order valence-corrected chi connectivity index (χ3v) is 4.45. The van der Waals surface area contributed by atoms with Gasteiger partial charge in [-0.3, -0.25) is 4.79 Å². The van der Waals surface area contributed by atoms with Gasteiger partial charge < -0.3 is 14.5 Å². The number of ether oxygens (including phenoxy) is 1. The fraction of sp³-hybridized carbons (Fsp3) is 0.444. The Balaban J connectivity index is 1.56. The highest BCUT2D eigenvalue weighted by Gasteiger charge is 2.34. The second kappa shape index (κ2) is 7.88. The lowest BCUT2D eigenvalue weighted by Crippen LogP contribution is -2.39. The molecule has 1 aliphatic carbocycles. The summed E-state index contributed by atoms with van der Waals surface area (Å²) >= 11 is 0. The van der Waals surface area contributed by atoms with Gasteiger partial charge in [-0.15, -0.1) is 10.2 Å². The highest BCUT2D eigenvalue weighted by molar-refractivity contribution is 5.89. The van der Waals surface area contributed by atoms with Crippen LogP contribution in [0.5, 0.6) is 5.75 Å². The highest BCUT2D eigenvalue weighted by Crippen LogP contribution is 2.35. The van der Waals surface area contributed by atoms with Gasteiger partial charge in [0, 0.05) is 13.0 Å². The Kier molecular flexibility index (Phi) is 5.53. The first-order valence-corrected chi connectivity index (χ1v) is 8.65. The van der Waals surface area contributed by atoms with Crippen LogP contribution in [0.25, 0.3) is 0 Å². The number of nitriles is 1. The first-order chi connectivity index (χ1) is 13.3. The van der Waals surface area contributed by atoms with Crippen LogP contribution in [-0.2, 0) is 6.18 Å². The van der Waals surface area contributed by atoms with E-state index >= 15 is 0 Å². The molecule has 2 aromatic rings. The molecule has 0 radical (unpaired) electrons. The molecule has 1 fully saturated rings. The van der Waals surface area contributed by atoms with Crippen molar-refractivity contribution in [2.45, 2.75) is 50.9 Å². The number of carbonyl (C=O) groups excluding carboxylic acids is 1. The van der Waals surface area contributed by atoms with Crippen LogP contribution in [0.4, 0.5) is 13.2 Å².